The van der Waals surface area contributed by atoms with Gasteiger partial charge in [0.05, 0.1) is 4.47 Å². The van der Waals surface area contributed by atoms with E-state index in [1.807, 2.05) is 6.07 Å². The second kappa shape index (κ2) is 6.82. The van der Waals surface area contributed by atoms with E-state index in [4.69, 9.17) is 5.73 Å². The number of nitrogens with zero attached hydrogens (tertiary/aromatic N) is 1. The molecule has 0 heterocycles. The average Bonchev–Trinajstić information content (AvgIpc) is 2.41. The van der Waals surface area contributed by atoms with E-state index in [0.29, 0.717) is 16.6 Å². The number of rotatable bonds is 4. The molecule has 4 heteroatoms. The molecule has 1 aliphatic carbocycles. The van der Waals surface area contributed by atoms with Crippen LogP contribution in [-0.2, 0) is 6.54 Å². The lowest BCUT2D eigenvalue weighted by atomic mass is 9.90. The largest absolute Gasteiger partial charge is 0.328 e. The van der Waals surface area contributed by atoms with Gasteiger partial charge in [-0.2, -0.15) is 0 Å². The van der Waals surface area contributed by atoms with Crippen LogP contribution in [0.3, 0.4) is 0 Å². The summed E-state index contributed by atoms with van der Waals surface area (Å²) in [6, 6.07) is 6.37. The summed E-state index contributed by atoms with van der Waals surface area (Å²) in [7, 11) is 0. The van der Waals surface area contributed by atoms with Crippen molar-refractivity contribution < 1.29 is 4.39 Å². The van der Waals surface area contributed by atoms with Gasteiger partial charge >= 0.3 is 0 Å². The van der Waals surface area contributed by atoms with Crippen LogP contribution in [0.4, 0.5) is 4.39 Å². The number of benzene rings is 1. The minimum absolute atomic E-state index is 0.181. The van der Waals surface area contributed by atoms with Gasteiger partial charge in [0.15, 0.2) is 0 Å². The lowest BCUT2D eigenvalue weighted by molar-refractivity contribution is 0.149. The summed E-state index contributed by atoms with van der Waals surface area (Å²) in [6.07, 6.45) is 4.54. The second-order valence-corrected chi connectivity index (χ2v) is 6.23. The minimum atomic E-state index is -0.181. The Hall–Kier alpha value is -0.450. The summed E-state index contributed by atoms with van der Waals surface area (Å²) in [6.45, 7) is 3.99. The van der Waals surface area contributed by atoms with E-state index in [1.165, 1.54) is 0 Å². The topological polar surface area (TPSA) is 29.3 Å². The van der Waals surface area contributed by atoms with Crippen molar-refractivity contribution >= 4 is 15.9 Å². The first-order valence-corrected chi connectivity index (χ1v) is 7.83. The fourth-order valence-electron chi connectivity index (χ4n) is 2.84. The zero-order valence-electron chi connectivity index (χ0n) is 11.4. The summed E-state index contributed by atoms with van der Waals surface area (Å²) in [5, 5.41) is 0. The van der Waals surface area contributed by atoms with E-state index in [9.17, 15) is 4.39 Å². The van der Waals surface area contributed by atoms with Gasteiger partial charge in [0.2, 0.25) is 0 Å². The van der Waals surface area contributed by atoms with Crippen LogP contribution in [-0.4, -0.2) is 23.5 Å². The first-order valence-electron chi connectivity index (χ1n) is 7.03. The van der Waals surface area contributed by atoms with Crippen LogP contribution in [0.25, 0.3) is 0 Å². The van der Waals surface area contributed by atoms with Crippen molar-refractivity contribution in [2.45, 2.75) is 51.2 Å². The molecule has 0 amide bonds. The number of hydrogen-bond donors (Lipinski definition) is 1. The Morgan fingerprint density at radius 3 is 2.58 bits per heavy atom. The Bertz CT molecular complexity index is 417. The molecule has 1 aliphatic rings. The Balaban J connectivity index is 2.00. The highest BCUT2D eigenvalue weighted by atomic mass is 79.9. The Morgan fingerprint density at radius 1 is 1.32 bits per heavy atom. The average molecular weight is 329 g/mol. The second-order valence-electron chi connectivity index (χ2n) is 5.38. The van der Waals surface area contributed by atoms with Gasteiger partial charge in [-0.05, 0) is 65.9 Å². The van der Waals surface area contributed by atoms with Crippen molar-refractivity contribution in [3.63, 3.8) is 0 Å². The summed E-state index contributed by atoms with van der Waals surface area (Å²) < 4.78 is 14.1. The Morgan fingerprint density at radius 2 is 2.00 bits per heavy atom. The maximum Gasteiger partial charge on any atom is 0.137 e. The molecule has 106 valence electrons. The predicted molar refractivity (Wildman–Crippen MR) is 80.4 cm³/mol. The highest BCUT2D eigenvalue weighted by Crippen LogP contribution is 2.24. The van der Waals surface area contributed by atoms with Gasteiger partial charge in [-0.3, -0.25) is 4.90 Å². The molecule has 0 aromatic heterocycles. The molecule has 1 saturated carbocycles. The summed E-state index contributed by atoms with van der Waals surface area (Å²) >= 11 is 3.19. The molecule has 1 aromatic rings. The van der Waals surface area contributed by atoms with E-state index in [2.05, 4.69) is 27.8 Å². The van der Waals surface area contributed by atoms with E-state index < -0.39 is 0 Å². The lowest BCUT2D eigenvalue weighted by Gasteiger charge is -2.35. The molecule has 0 aliphatic heterocycles. The van der Waals surface area contributed by atoms with Crippen LogP contribution in [0.1, 0.15) is 38.2 Å². The van der Waals surface area contributed by atoms with Gasteiger partial charge in [-0.15, -0.1) is 0 Å². The van der Waals surface area contributed by atoms with Crippen LogP contribution in [0.15, 0.2) is 22.7 Å². The van der Waals surface area contributed by atoms with E-state index in [-0.39, 0.29) is 5.82 Å². The molecule has 19 heavy (non-hydrogen) atoms. The third-order valence-electron chi connectivity index (χ3n) is 4.03. The van der Waals surface area contributed by atoms with Gasteiger partial charge in [-0.25, -0.2) is 4.39 Å². The van der Waals surface area contributed by atoms with Crippen molar-refractivity contribution in [3.8, 4) is 0 Å². The Kier molecular flexibility index (Phi) is 5.37. The zero-order valence-corrected chi connectivity index (χ0v) is 13.0. The number of nitrogens with two attached hydrogens (primary N) is 1. The third kappa shape index (κ3) is 4.01. The molecule has 0 spiro atoms. The quantitative estimate of drug-likeness (QED) is 0.913. The van der Waals surface area contributed by atoms with Crippen molar-refractivity contribution in [1.82, 2.24) is 4.90 Å². The van der Waals surface area contributed by atoms with Crippen molar-refractivity contribution in [3.05, 3.63) is 34.1 Å². The fourth-order valence-corrected chi connectivity index (χ4v) is 3.08. The SMILES string of the molecule is CCN(Cc1ccc(Br)c(F)c1)C1CCC(N)CC1. The summed E-state index contributed by atoms with van der Waals surface area (Å²) in [5.41, 5.74) is 6.99. The van der Waals surface area contributed by atoms with Crippen LogP contribution in [0.2, 0.25) is 0 Å². The molecule has 0 bridgehead atoms. The standard InChI is InChI=1S/C15H22BrFN2/c1-2-19(13-6-4-12(18)5-7-13)10-11-3-8-14(16)15(17)9-11/h3,8-9,12-13H,2,4-7,10,18H2,1H3. The van der Waals surface area contributed by atoms with E-state index in [0.717, 1.165) is 44.3 Å². The molecule has 1 aromatic carbocycles. The van der Waals surface area contributed by atoms with Crippen molar-refractivity contribution in [2.24, 2.45) is 5.73 Å². The maximum absolute atomic E-state index is 13.5. The highest BCUT2D eigenvalue weighted by molar-refractivity contribution is 9.10. The molecule has 0 radical (unpaired) electrons. The molecule has 2 nitrogen and oxygen atoms in total. The van der Waals surface area contributed by atoms with Crippen LogP contribution < -0.4 is 5.73 Å². The first-order chi connectivity index (χ1) is 9.10. The van der Waals surface area contributed by atoms with Crippen LogP contribution in [0, 0.1) is 5.82 Å². The van der Waals surface area contributed by atoms with E-state index >= 15 is 0 Å². The molecular weight excluding hydrogens is 307 g/mol. The number of halogens is 2. The van der Waals surface area contributed by atoms with Gasteiger partial charge in [0.25, 0.3) is 0 Å². The maximum atomic E-state index is 13.5. The Labute approximate surface area is 123 Å². The molecule has 0 saturated heterocycles. The molecule has 1 fully saturated rings. The third-order valence-corrected chi connectivity index (χ3v) is 4.68. The van der Waals surface area contributed by atoms with Gasteiger partial charge < -0.3 is 5.73 Å². The molecule has 2 rings (SSSR count). The predicted octanol–water partition coefficient (Wildman–Crippen LogP) is 3.68. The monoisotopic (exact) mass is 328 g/mol. The van der Waals surface area contributed by atoms with Crippen LogP contribution in [0.5, 0.6) is 0 Å². The van der Waals surface area contributed by atoms with E-state index in [1.54, 1.807) is 12.1 Å². The minimum Gasteiger partial charge on any atom is -0.328 e. The highest BCUT2D eigenvalue weighted by Gasteiger charge is 2.23. The molecule has 0 unspecified atom stereocenters. The van der Waals surface area contributed by atoms with Crippen molar-refractivity contribution in [2.75, 3.05) is 6.54 Å². The summed E-state index contributed by atoms with van der Waals surface area (Å²) in [5.74, 6) is -0.181. The molecule has 2 N–H and O–H groups in total. The fraction of sp³-hybridized carbons (Fsp3) is 0.600. The summed E-state index contributed by atoms with van der Waals surface area (Å²) in [4.78, 5) is 2.44. The van der Waals surface area contributed by atoms with Gasteiger partial charge in [0.1, 0.15) is 5.82 Å². The van der Waals surface area contributed by atoms with Crippen molar-refractivity contribution in [1.29, 1.82) is 0 Å². The smallest absolute Gasteiger partial charge is 0.137 e. The zero-order chi connectivity index (χ0) is 13.8. The lowest BCUT2D eigenvalue weighted by Crippen LogP contribution is -2.40. The molecular formula is C15H22BrFN2. The normalized spacial score (nSPS) is 23.8. The van der Waals surface area contributed by atoms with Gasteiger partial charge in [-0.1, -0.05) is 13.0 Å². The number of hydrogen-bond acceptors (Lipinski definition) is 2. The first kappa shape index (κ1) is 14.9. The van der Waals surface area contributed by atoms with Crippen LogP contribution >= 0.6 is 15.9 Å². The molecule has 0 atom stereocenters. The van der Waals surface area contributed by atoms with Gasteiger partial charge in [0, 0.05) is 18.6 Å².